The molecule has 1 N–H and O–H groups in total. The van der Waals surface area contributed by atoms with Crippen LogP contribution in [-0.4, -0.2) is 58.0 Å². The van der Waals surface area contributed by atoms with E-state index in [0.717, 1.165) is 10.4 Å². The van der Waals surface area contributed by atoms with Gasteiger partial charge in [-0.05, 0) is 44.5 Å². The van der Waals surface area contributed by atoms with Gasteiger partial charge in [-0.2, -0.15) is 0 Å². The van der Waals surface area contributed by atoms with E-state index in [1.54, 1.807) is 19.9 Å². The Hall–Kier alpha value is -2.39. The Morgan fingerprint density at radius 2 is 1.81 bits per heavy atom. The molecular weight excluding hydrogens is 372 g/mol. The van der Waals surface area contributed by atoms with Crippen molar-refractivity contribution in [2.45, 2.75) is 37.8 Å². The van der Waals surface area contributed by atoms with Gasteiger partial charge in [-0.25, -0.2) is 17.5 Å². The Morgan fingerprint density at radius 3 is 2.33 bits per heavy atom. The van der Waals surface area contributed by atoms with Gasteiger partial charge in [-0.1, -0.05) is 6.07 Å². The van der Waals surface area contributed by atoms with Crippen LogP contribution in [0.4, 0.5) is 0 Å². The summed E-state index contributed by atoms with van der Waals surface area (Å²) in [6.45, 7) is 5.07. The Labute approximate surface area is 160 Å². The van der Waals surface area contributed by atoms with Gasteiger partial charge in [0.1, 0.15) is 10.6 Å². The molecule has 150 valence electrons. The van der Waals surface area contributed by atoms with Crippen LogP contribution in [0.15, 0.2) is 29.2 Å². The van der Waals surface area contributed by atoms with Crippen LogP contribution in [0.2, 0.25) is 0 Å². The molecule has 1 amide bonds. The highest BCUT2D eigenvalue weighted by atomic mass is 32.2. The average molecular weight is 398 g/mol. The van der Waals surface area contributed by atoms with E-state index in [-0.39, 0.29) is 16.7 Å². The maximum atomic E-state index is 12.4. The first-order valence-corrected chi connectivity index (χ1v) is 9.72. The summed E-state index contributed by atoms with van der Waals surface area (Å²) in [5, 5.41) is 2.64. The van der Waals surface area contributed by atoms with Crippen molar-refractivity contribution in [2.75, 3.05) is 21.2 Å². The normalized spacial score (nSPS) is 13.0. The van der Waals surface area contributed by atoms with Crippen molar-refractivity contribution in [2.24, 2.45) is 0 Å². The monoisotopic (exact) mass is 398 g/mol. The van der Waals surface area contributed by atoms with E-state index in [1.165, 1.54) is 46.3 Å². The van der Waals surface area contributed by atoms with E-state index in [4.69, 9.17) is 9.47 Å². The molecular formula is C18H26N2O6S. The van der Waals surface area contributed by atoms with Gasteiger partial charge in [0, 0.05) is 26.2 Å². The Bertz CT molecular complexity index is 815. The second-order valence-corrected chi connectivity index (χ2v) is 8.39. The third kappa shape index (κ3) is 6.37. The van der Waals surface area contributed by atoms with E-state index >= 15 is 0 Å². The first-order valence-electron chi connectivity index (χ1n) is 8.28. The van der Waals surface area contributed by atoms with Crippen LogP contribution >= 0.6 is 0 Å². The van der Waals surface area contributed by atoms with Crippen LogP contribution in [0.25, 0.3) is 6.08 Å². The lowest BCUT2D eigenvalue weighted by Crippen LogP contribution is -2.39. The number of nitrogens with one attached hydrogen (secondary N) is 1. The first-order chi connectivity index (χ1) is 12.5. The van der Waals surface area contributed by atoms with Crippen molar-refractivity contribution in [3.8, 4) is 5.75 Å². The van der Waals surface area contributed by atoms with Gasteiger partial charge in [0.2, 0.25) is 10.0 Å². The minimum atomic E-state index is -3.72. The summed E-state index contributed by atoms with van der Waals surface area (Å²) in [6.07, 6.45) is 1.60. The molecule has 27 heavy (non-hydrogen) atoms. The van der Waals surface area contributed by atoms with Crippen LogP contribution in [-0.2, 0) is 24.3 Å². The zero-order valence-corrected chi connectivity index (χ0v) is 17.2. The fourth-order valence-electron chi connectivity index (χ4n) is 2.03. The van der Waals surface area contributed by atoms with Crippen molar-refractivity contribution in [3.63, 3.8) is 0 Å². The molecule has 0 aliphatic heterocycles. The molecule has 0 spiro atoms. The molecule has 0 heterocycles. The van der Waals surface area contributed by atoms with Crippen LogP contribution < -0.4 is 10.1 Å². The van der Waals surface area contributed by atoms with Crippen molar-refractivity contribution < 1.29 is 27.5 Å². The number of rotatable bonds is 8. The number of esters is 1. The largest absolute Gasteiger partial charge is 0.495 e. The predicted octanol–water partition coefficient (Wildman–Crippen LogP) is 1.42. The number of sulfonamides is 1. The van der Waals surface area contributed by atoms with Gasteiger partial charge >= 0.3 is 5.97 Å². The molecule has 0 unspecified atom stereocenters. The Morgan fingerprint density at radius 1 is 1.19 bits per heavy atom. The summed E-state index contributed by atoms with van der Waals surface area (Å²) in [6, 6.07) is 4.43. The van der Waals surface area contributed by atoms with Crippen molar-refractivity contribution >= 4 is 28.0 Å². The van der Waals surface area contributed by atoms with Crippen molar-refractivity contribution in [1.82, 2.24) is 9.62 Å². The lowest BCUT2D eigenvalue weighted by molar-refractivity contribution is -0.150. The van der Waals surface area contributed by atoms with Crippen molar-refractivity contribution in [1.29, 1.82) is 0 Å². The standard InChI is InChI=1S/C18H26N2O6S/c1-12(2)19-18(22)13(3)26-17(21)10-8-14-7-9-15(25-6)16(11-14)27(23,24)20(4)5/h7-13H,1-6H3,(H,19,22)/b10-8+/t13-/m0/s1. The summed E-state index contributed by atoms with van der Waals surface area (Å²) in [5.74, 6) is -0.910. The maximum Gasteiger partial charge on any atom is 0.331 e. The zero-order chi connectivity index (χ0) is 20.8. The topological polar surface area (TPSA) is 102 Å². The Kier molecular flexibility index (Phi) is 7.98. The molecule has 0 aromatic heterocycles. The first kappa shape index (κ1) is 22.7. The van der Waals surface area contributed by atoms with E-state index < -0.39 is 28.0 Å². The third-order valence-corrected chi connectivity index (χ3v) is 5.29. The number of hydrogen-bond donors (Lipinski definition) is 1. The molecule has 0 saturated carbocycles. The summed E-state index contributed by atoms with van der Waals surface area (Å²) < 4.78 is 36.0. The van der Waals surface area contributed by atoms with E-state index in [9.17, 15) is 18.0 Å². The number of methoxy groups -OCH3 is 1. The summed E-state index contributed by atoms with van der Waals surface area (Å²) in [4.78, 5) is 23.6. The number of nitrogens with zero attached hydrogens (tertiary/aromatic N) is 1. The molecule has 0 aliphatic carbocycles. The lowest BCUT2D eigenvalue weighted by atomic mass is 10.2. The number of amides is 1. The molecule has 0 fully saturated rings. The molecule has 0 aliphatic rings. The summed E-state index contributed by atoms with van der Waals surface area (Å²) >= 11 is 0. The van der Waals surface area contributed by atoms with Crippen LogP contribution in [0, 0.1) is 0 Å². The zero-order valence-electron chi connectivity index (χ0n) is 16.3. The van der Waals surface area contributed by atoms with Gasteiger partial charge in [-0.3, -0.25) is 4.79 Å². The smallest absolute Gasteiger partial charge is 0.331 e. The molecule has 1 aromatic carbocycles. The quantitative estimate of drug-likeness (QED) is 0.525. The molecule has 8 nitrogen and oxygen atoms in total. The molecule has 0 saturated heterocycles. The van der Waals surface area contributed by atoms with Crippen molar-refractivity contribution in [3.05, 3.63) is 29.8 Å². The van der Waals surface area contributed by atoms with Gasteiger partial charge in [-0.15, -0.1) is 0 Å². The minimum absolute atomic E-state index is 0.0183. The lowest BCUT2D eigenvalue weighted by Gasteiger charge is -2.15. The van der Waals surface area contributed by atoms with E-state index in [0.29, 0.717) is 5.56 Å². The molecule has 1 aromatic rings. The number of hydrogen-bond acceptors (Lipinski definition) is 6. The molecule has 9 heteroatoms. The highest BCUT2D eigenvalue weighted by Crippen LogP contribution is 2.27. The number of carbonyl (C=O) groups is 2. The second kappa shape index (κ2) is 9.52. The van der Waals surface area contributed by atoms with Gasteiger partial charge in [0.25, 0.3) is 5.91 Å². The third-order valence-electron chi connectivity index (χ3n) is 3.45. The van der Waals surface area contributed by atoms with Crippen LogP contribution in [0.3, 0.4) is 0 Å². The molecule has 0 radical (unpaired) electrons. The second-order valence-electron chi connectivity index (χ2n) is 6.27. The predicted molar refractivity (Wildman–Crippen MR) is 102 cm³/mol. The van der Waals surface area contributed by atoms with E-state index in [1.807, 2.05) is 0 Å². The Balaban J connectivity index is 2.96. The van der Waals surface area contributed by atoms with Gasteiger partial charge < -0.3 is 14.8 Å². The number of ether oxygens (including phenoxy) is 2. The maximum absolute atomic E-state index is 12.4. The highest BCUT2D eigenvalue weighted by Gasteiger charge is 2.22. The SMILES string of the molecule is COc1ccc(/C=C/C(=O)O[C@@H](C)C(=O)NC(C)C)cc1S(=O)(=O)N(C)C. The fourth-order valence-corrected chi connectivity index (χ4v) is 3.11. The number of carbonyl (C=O) groups excluding carboxylic acids is 2. The van der Waals surface area contributed by atoms with Gasteiger partial charge in [0.05, 0.1) is 7.11 Å². The van der Waals surface area contributed by atoms with Crippen LogP contribution in [0.1, 0.15) is 26.3 Å². The summed E-state index contributed by atoms with van der Waals surface area (Å²) in [7, 11) is 0.488. The fraction of sp³-hybridized carbons (Fsp3) is 0.444. The summed E-state index contributed by atoms with van der Waals surface area (Å²) in [5.41, 5.74) is 0.465. The molecule has 0 bridgehead atoms. The minimum Gasteiger partial charge on any atom is -0.495 e. The van der Waals surface area contributed by atoms with Crippen LogP contribution in [0.5, 0.6) is 5.75 Å². The number of benzene rings is 1. The molecule has 1 atom stereocenters. The highest BCUT2D eigenvalue weighted by molar-refractivity contribution is 7.89. The average Bonchev–Trinajstić information content (AvgIpc) is 2.58. The van der Waals surface area contributed by atoms with Gasteiger partial charge in [0.15, 0.2) is 6.10 Å². The van der Waals surface area contributed by atoms with E-state index in [2.05, 4.69) is 5.32 Å². The molecule has 1 rings (SSSR count).